The van der Waals surface area contributed by atoms with Crippen LogP contribution in [0, 0.1) is 11.6 Å². The Morgan fingerprint density at radius 1 is 1.00 bits per heavy atom. The molecule has 2 aromatic rings. The second-order valence-corrected chi connectivity index (χ2v) is 3.77. The van der Waals surface area contributed by atoms with Crippen molar-refractivity contribution in [1.82, 2.24) is 4.98 Å². The van der Waals surface area contributed by atoms with Crippen LogP contribution < -0.4 is 10.5 Å². The van der Waals surface area contributed by atoms with Gasteiger partial charge in [0, 0.05) is 24.4 Å². The van der Waals surface area contributed by atoms with Crippen LogP contribution >= 0.6 is 0 Å². The SMILES string of the molecule is NCCc1cncc(Oc2cc(F)cc(F)c2)c1. The molecule has 0 saturated heterocycles. The van der Waals surface area contributed by atoms with E-state index in [1.807, 2.05) is 0 Å². The van der Waals surface area contributed by atoms with E-state index in [0.29, 0.717) is 18.7 Å². The van der Waals surface area contributed by atoms with Crippen molar-refractivity contribution in [3.63, 3.8) is 0 Å². The third-order valence-electron chi connectivity index (χ3n) is 2.27. The van der Waals surface area contributed by atoms with Crippen LogP contribution in [-0.4, -0.2) is 11.5 Å². The molecule has 0 atom stereocenters. The van der Waals surface area contributed by atoms with Gasteiger partial charge in [-0.3, -0.25) is 4.98 Å². The Labute approximate surface area is 103 Å². The summed E-state index contributed by atoms with van der Waals surface area (Å²) in [5.74, 6) is -0.850. The highest BCUT2D eigenvalue weighted by Gasteiger charge is 2.04. The number of rotatable bonds is 4. The summed E-state index contributed by atoms with van der Waals surface area (Å²) in [4.78, 5) is 3.98. The summed E-state index contributed by atoms with van der Waals surface area (Å²) in [6, 6.07) is 4.75. The standard InChI is InChI=1S/C13H12F2N2O/c14-10-4-11(15)6-12(5-10)18-13-3-9(1-2-16)7-17-8-13/h3-8H,1-2,16H2. The Kier molecular flexibility index (Phi) is 3.84. The molecule has 0 aliphatic carbocycles. The van der Waals surface area contributed by atoms with E-state index in [1.54, 1.807) is 12.3 Å². The van der Waals surface area contributed by atoms with E-state index in [4.69, 9.17) is 10.5 Å². The van der Waals surface area contributed by atoms with Gasteiger partial charge in [0.1, 0.15) is 23.1 Å². The molecule has 0 aliphatic rings. The van der Waals surface area contributed by atoms with Gasteiger partial charge < -0.3 is 10.5 Å². The topological polar surface area (TPSA) is 48.1 Å². The number of halogens is 2. The van der Waals surface area contributed by atoms with Gasteiger partial charge in [-0.15, -0.1) is 0 Å². The maximum atomic E-state index is 13.0. The van der Waals surface area contributed by atoms with Crippen molar-refractivity contribution in [2.24, 2.45) is 5.73 Å². The highest BCUT2D eigenvalue weighted by Crippen LogP contribution is 2.23. The molecule has 0 amide bonds. The van der Waals surface area contributed by atoms with Gasteiger partial charge in [-0.2, -0.15) is 0 Å². The fourth-order valence-electron chi connectivity index (χ4n) is 1.55. The Balaban J connectivity index is 2.20. The smallest absolute Gasteiger partial charge is 0.145 e. The molecular weight excluding hydrogens is 238 g/mol. The Morgan fingerprint density at radius 2 is 1.72 bits per heavy atom. The highest BCUT2D eigenvalue weighted by atomic mass is 19.1. The first-order valence-electron chi connectivity index (χ1n) is 5.45. The van der Waals surface area contributed by atoms with Crippen LogP contribution in [0.2, 0.25) is 0 Å². The number of nitrogens with two attached hydrogens (primary N) is 1. The van der Waals surface area contributed by atoms with Crippen molar-refractivity contribution < 1.29 is 13.5 Å². The van der Waals surface area contributed by atoms with Crippen LogP contribution in [0.25, 0.3) is 0 Å². The second kappa shape index (κ2) is 5.55. The fraction of sp³-hybridized carbons (Fsp3) is 0.154. The van der Waals surface area contributed by atoms with E-state index in [9.17, 15) is 8.78 Å². The number of hydrogen-bond donors (Lipinski definition) is 1. The molecule has 0 spiro atoms. The molecule has 2 rings (SSSR count). The lowest BCUT2D eigenvalue weighted by molar-refractivity contribution is 0.465. The molecule has 0 radical (unpaired) electrons. The average molecular weight is 250 g/mol. The number of aromatic nitrogens is 1. The molecule has 0 aliphatic heterocycles. The molecule has 3 nitrogen and oxygen atoms in total. The molecule has 18 heavy (non-hydrogen) atoms. The zero-order chi connectivity index (χ0) is 13.0. The minimum atomic E-state index is -0.684. The predicted octanol–water partition coefficient (Wildman–Crippen LogP) is 2.65. The van der Waals surface area contributed by atoms with Crippen LogP contribution in [0.1, 0.15) is 5.56 Å². The van der Waals surface area contributed by atoms with E-state index < -0.39 is 11.6 Å². The summed E-state index contributed by atoms with van der Waals surface area (Å²) in [5, 5.41) is 0. The van der Waals surface area contributed by atoms with E-state index in [2.05, 4.69) is 4.98 Å². The Morgan fingerprint density at radius 3 is 2.39 bits per heavy atom. The van der Waals surface area contributed by atoms with E-state index >= 15 is 0 Å². The minimum Gasteiger partial charge on any atom is -0.456 e. The summed E-state index contributed by atoms with van der Waals surface area (Å²) in [5.41, 5.74) is 6.34. The summed E-state index contributed by atoms with van der Waals surface area (Å²) < 4.78 is 31.3. The van der Waals surface area contributed by atoms with Crippen LogP contribution in [0.3, 0.4) is 0 Å². The predicted molar refractivity (Wildman–Crippen MR) is 63.4 cm³/mol. The van der Waals surface area contributed by atoms with E-state index in [-0.39, 0.29) is 5.75 Å². The lowest BCUT2D eigenvalue weighted by Gasteiger charge is -2.07. The molecule has 5 heteroatoms. The Bertz CT molecular complexity index is 526. The lowest BCUT2D eigenvalue weighted by atomic mass is 10.2. The minimum absolute atomic E-state index is 0.0965. The largest absolute Gasteiger partial charge is 0.456 e. The van der Waals surface area contributed by atoms with Crippen molar-refractivity contribution >= 4 is 0 Å². The van der Waals surface area contributed by atoms with Gasteiger partial charge in [0.15, 0.2) is 0 Å². The van der Waals surface area contributed by atoms with Gasteiger partial charge >= 0.3 is 0 Å². The van der Waals surface area contributed by atoms with Crippen molar-refractivity contribution in [2.45, 2.75) is 6.42 Å². The molecule has 94 valence electrons. The quantitative estimate of drug-likeness (QED) is 0.907. The van der Waals surface area contributed by atoms with Crippen LogP contribution in [0.4, 0.5) is 8.78 Å². The van der Waals surface area contributed by atoms with Gasteiger partial charge in [-0.05, 0) is 24.6 Å². The zero-order valence-electron chi connectivity index (χ0n) is 9.57. The van der Waals surface area contributed by atoms with Crippen LogP contribution in [0.15, 0.2) is 36.7 Å². The molecule has 1 heterocycles. The normalized spacial score (nSPS) is 10.4. The van der Waals surface area contributed by atoms with Gasteiger partial charge in [0.05, 0.1) is 6.20 Å². The van der Waals surface area contributed by atoms with E-state index in [1.165, 1.54) is 6.20 Å². The molecule has 2 N–H and O–H groups in total. The van der Waals surface area contributed by atoms with Gasteiger partial charge in [0.2, 0.25) is 0 Å². The average Bonchev–Trinajstić information content (AvgIpc) is 2.28. The summed E-state index contributed by atoms with van der Waals surface area (Å²) in [7, 11) is 0. The highest BCUT2D eigenvalue weighted by molar-refractivity contribution is 5.32. The third-order valence-corrected chi connectivity index (χ3v) is 2.27. The number of benzene rings is 1. The molecule has 1 aromatic carbocycles. The molecular formula is C13H12F2N2O. The van der Waals surface area contributed by atoms with Crippen molar-refractivity contribution in [1.29, 1.82) is 0 Å². The van der Waals surface area contributed by atoms with Crippen molar-refractivity contribution in [2.75, 3.05) is 6.54 Å². The molecule has 0 saturated carbocycles. The monoisotopic (exact) mass is 250 g/mol. The van der Waals surface area contributed by atoms with E-state index in [0.717, 1.165) is 23.8 Å². The van der Waals surface area contributed by atoms with Crippen molar-refractivity contribution in [3.8, 4) is 11.5 Å². The van der Waals surface area contributed by atoms with Crippen LogP contribution in [0.5, 0.6) is 11.5 Å². The second-order valence-electron chi connectivity index (χ2n) is 3.77. The molecule has 0 unspecified atom stereocenters. The first-order valence-corrected chi connectivity index (χ1v) is 5.45. The maximum Gasteiger partial charge on any atom is 0.145 e. The fourth-order valence-corrected chi connectivity index (χ4v) is 1.55. The summed E-state index contributed by atoms with van der Waals surface area (Å²) in [6.45, 7) is 0.500. The first kappa shape index (κ1) is 12.4. The Hall–Kier alpha value is -2.01. The zero-order valence-corrected chi connectivity index (χ0v) is 9.57. The number of nitrogens with zero attached hydrogens (tertiary/aromatic N) is 1. The lowest BCUT2D eigenvalue weighted by Crippen LogP contribution is -2.03. The summed E-state index contributed by atoms with van der Waals surface area (Å²) >= 11 is 0. The van der Waals surface area contributed by atoms with Gasteiger partial charge in [-0.1, -0.05) is 0 Å². The first-order chi connectivity index (χ1) is 8.67. The van der Waals surface area contributed by atoms with Crippen molar-refractivity contribution in [3.05, 3.63) is 53.9 Å². The van der Waals surface area contributed by atoms with Gasteiger partial charge in [-0.25, -0.2) is 8.78 Å². The number of hydrogen-bond acceptors (Lipinski definition) is 3. The number of ether oxygens (including phenoxy) is 1. The van der Waals surface area contributed by atoms with Gasteiger partial charge in [0.25, 0.3) is 0 Å². The third kappa shape index (κ3) is 3.24. The summed E-state index contributed by atoms with van der Waals surface area (Å²) in [6.07, 6.45) is 3.82. The van der Waals surface area contributed by atoms with Crippen LogP contribution in [-0.2, 0) is 6.42 Å². The molecule has 0 fully saturated rings. The maximum absolute atomic E-state index is 13.0. The molecule has 0 bridgehead atoms. The number of pyridine rings is 1. The molecule has 1 aromatic heterocycles.